The zero-order chi connectivity index (χ0) is 26.7. The van der Waals surface area contributed by atoms with E-state index < -0.39 is 40.5 Å². The van der Waals surface area contributed by atoms with Crippen molar-refractivity contribution in [3.63, 3.8) is 0 Å². The monoisotopic (exact) mass is 499 g/mol. The molecule has 7 nitrogen and oxygen atoms in total. The van der Waals surface area contributed by atoms with Gasteiger partial charge in [-0.1, -0.05) is 77.2 Å². The largest absolute Gasteiger partial charge is 0.377 e. The summed E-state index contributed by atoms with van der Waals surface area (Å²) in [5, 5.41) is 12.2. The first-order valence-electron chi connectivity index (χ1n) is 13.3. The number of nitrogens with two attached hydrogens (primary N) is 2. The van der Waals surface area contributed by atoms with Gasteiger partial charge < -0.3 is 21.3 Å². The van der Waals surface area contributed by atoms with Crippen LogP contribution in [-0.2, 0) is 9.53 Å². The fraction of sp³-hybridized carbons (Fsp3) is 0.655. The minimum Gasteiger partial charge on any atom is -0.377 e. The van der Waals surface area contributed by atoms with Crippen LogP contribution in [0, 0.1) is 11.3 Å². The fourth-order valence-corrected chi connectivity index (χ4v) is 6.50. The van der Waals surface area contributed by atoms with Crippen LogP contribution in [0.25, 0.3) is 0 Å². The molecule has 1 aromatic carbocycles. The number of hydrogen-bond acceptors (Lipinski definition) is 5. The van der Waals surface area contributed by atoms with Crippen molar-refractivity contribution in [1.82, 2.24) is 0 Å². The number of primary amides is 1. The molecule has 1 fully saturated rings. The molecule has 2 amide bonds. The summed E-state index contributed by atoms with van der Waals surface area (Å²) in [6.45, 7) is 7.48. The van der Waals surface area contributed by atoms with Crippen molar-refractivity contribution in [3.05, 3.63) is 42.0 Å². The van der Waals surface area contributed by atoms with Gasteiger partial charge >= 0.3 is 6.03 Å². The summed E-state index contributed by atoms with van der Waals surface area (Å²) >= 11 is 0. The lowest BCUT2D eigenvalue weighted by atomic mass is 9.60. The molecule has 0 spiro atoms. The van der Waals surface area contributed by atoms with Gasteiger partial charge in [0.25, 0.3) is 0 Å². The highest BCUT2D eigenvalue weighted by molar-refractivity contribution is 5.97. The number of aliphatic hydroxyl groups is 1. The maximum atomic E-state index is 13.6. The van der Waals surface area contributed by atoms with E-state index in [1.54, 1.807) is 18.9 Å². The van der Waals surface area contributed by atoms with Crippen LogP contribution in [0.15, 0.2) is 42.0 Å². The number of rotatable bonds is 8. The number of hydrogen-bond donors (Lipinski definition) is 3. The Morgan fingerprint density at radius 2 is 1.78 bits per heavy atom. The zero-order valence-electron chi connectivity index (χ0n) is 22.6. The average Bonchev–Trinajstić information content (AvgIpc) is 2.82. The predicted octanol–water partition coefficient (Wildman–Crippen LogP) is 4.71. The standard InChI is InChI=1S/C29H45N3O4/c1-20(30)25(33)29(35)19-28(17-16-21-12-8-6-9-13-21,24(36-5)18-23(29)27(2,3)4)32(26(31)34)22-14-10-7-11-15-22/h7,10-11,14-15,18,20-21,24,35H,6,8-9,12-13,16-17,19,30H2,1-5H3,(H2,31,34)/t20-,24?,28?,29?/m0/s1. The number of ether oxygens (including phenoxy) is 1. The Balaban J connectivity index is 2.24. The summed E-state index contributed by atoms with van der Waals surface area (Å²) < 4.78 is 6.08. The van der Waals surface area contributed by atoms with Crippen LogP contribution in [0.5, 0.6) is 0 Å². The summed E-state index contributed by atoms with van der Waals surface area (Å²) in [7, 11) is 1.61. The molecule has 200 valence electrons. The Morgan fingerprint density at radius 3 is 2.28 bits per heavy atom. The summed E-state index contributed by atoms with van der Waals surface area (Å²) in [6, 6.07) is 7.70. The summed E-state index contributed by atoms with van der Waals surface area (Å²) in [4.78, 5) is 28.3. The molecule has 0 aliphatic heterocycles. The molecular weight excluding hydrogens is 454 g/mol. The van der Waals surface area contributed by atoms with Crippen LogP contribution < -0.4 is 16.4 Å². The first-order valence-corrected chi connectivity index (χ1v) is 13.3. The topological polar surface area (TPSA) is 119 Å². The highest BCUT2D eigenvalue weighted by Crippen LogP contribution is 2.50. The van der Waals surface area contributed by atoms with Gasteiger partial charge in [-0.25, -0.2) is 4.79 Å². The van der Waals surface area contributed by atoms with Crippen LogP contribution in [0.3, 0.4) is 0 Å². The van der Waals surface area contributed by atoms with Gasteiger partial charge in [-0.3, -0.25) is 9.69 Å². The lowest BCUT2D eigenvalue weighted by Crippen LogP contribution is -2.69. The summed E-state index contributed by atoms with van der Waals surface area (Å²) in [5.41, 5.74) is 9.86. The first-order chi connectivity index (χ1) is 16.9. The minimum atomic E-state index is -1.86. The Labute approximate surface area is 216 Å². The third-order valence-corrected chi connectivity index (χ3v) is 8.13. The van der Waals surface area contributed by atoms with Gasteiger partial charge in [-0.2, -0.15) is 0 Å². The number of Topliss-reactive ketones (excluding diaryl/α,β-unsaturated/α-hetero) is 1. The molecule has 36 heavy (non-hydrogen) atoms. The van der Waals surface area contributed by atoms with Gasteiger partial charge in [0.2, 0.25) is 0 Å². The molecule has 3 rings (SSSR count). The SMILES string of the molecule is COC1C=C(C(C)(C)C)C(O)(C(=O)[C@H](C)N)CC1(CCC1CCCCC1)N(C(N)=O)c1ccccc1. The molecule has 0 saturated heterocycles. The van der Waals surface area contributed by atoms with E-state index >= 15 is 0 Å². The van der Waals surface area contributed by atoms with Gasteiger partial charge in [0.15, 0.2) is 5.78 Å². The molecule has 5 N–H and O–H groups in total. The number of benzene rings is 1. The lowest BCUT2D eigenvalue weighted by Gasteiger charge is -2.55. The van der Waals surface area contributed by atoms with Crippen LogP contribution in [0.2, 0.25) is 0 Å². The van der Waals surface area contributed by atoms with Crippen LogP contribution in [0.1, 0.15) is 79.1 Å². The van der Waals surface area contributed by atoms with Gasteiger partial charge in [-0.15, -0.1) is 0 Å². The second-order valence-electron chi connectivity index (χ2n) is 11.8. The maximum Gasteiger partial charge on any atom is 0.319 e. The number of amides is 2. The van der Waals surface area contributed by atoms with Crippen LogP contribution >= 0.6 is 0 Å². The second kappa shape index (κ2) is 11.0. The van der Waals surface area contributed by atoms with Gasteiger partial charge in [0.1, 0.15) is 5.60 Å². The number of para-hydroxylation sites is 1. The van der Waals surface area contributed by atoms with Gasteiger partial charge in [-0.05, 0) is 48.8 Å². The number of carbonyl (C=O) groups is 2. The molecule has 2 aliphatic rings. The normalized spacial score (nSPS) is 28.3. The number of carbonyl (C=O) groups excluding carboxylic acids is 2. The molecule has 2 aliphatic carbocycles. The van der Waals surface area contributed by atoms with Crippen LogP contribution in [0.4, 0.5) is 10.5 Å². The van der Waals surface area contributed by atoms with E-state index in [1.165, 1.54) is 19.3 Å². The minimum absolute atomic E-state index is 0.0352. The Kier molecular flexibility index (Phi) is 8.69. The second-order valence-corrected chi connectivity index (χ2v) is 11.8. The van der Waals surface area contributed by atoms with Gasteiger partial charge in [0.05, 0.1) is 17.7 Å². The molecule has 1 aromatic rings. The third kappa shape index (κ3) is 5.53. The lowest BCUT2D eigenvalue weighted by molar-refractivity contribution is -0.140. The quantitative estimate of drug-likeness (QED) is 0.448. The van der Waals surface area contributed by atoms with Crippen molar-refractivity contribution in [2.24, 2.45) is 22.8 Å². The molecule has 1 saturated carbocycles. The zero-order valence-corrected chi connectivity index (χ0v) is 22.6. The summed E-state index contributed by atoms with van der Waals surface area (Å²) in [5.74, 6) is 0.0570. The van der Waals surface area contributed by atoms with Crippen molar-refractivity contribution in [2.75, 3.05) is 12.0 Å². The molecule has 0 aromatic heterocycles. The predicted molar refractivity (Wildman–Crippen MR) is 144 cm³/mol. The van der Waals surface area contributed by atoms with Crippen molar-refractivity contribution < 1.29 is 19.4 Å². The van der Waals surface area contributed by atoms with Crippen LogP contribution in [-0.4, -0.2) is 47.3 Å². The third-order valence-electron chi connectivity index (χ3n) is 8.13. The van der Waals surface area contributed by atoms with Crippen molar-refractivity contribution in [3.8, 4) is 0 Å². The fourth-order valence-electron chi connectivity index (χ4n) is 6.50. The van der Waals surface area contributed by atoms with E-state index in [9.17, 15) is 14.7 Å². The highest BCUT2D eigenvalue weighted by Gasteiger charge is 2.59. The van der Waals surface area contributed by atoms with E-state index in [0.29, 0.717) is 23.6 Å². The maximum absolute atomic E-state index is 13.6. The van der Waals surface area contributed by atoms with Crippen molar-refractivity contribution in [2.45, 2.75) is 102 Å². The summed E-state index contributed by atoms with van der Waals surface area (Å²) in [6.07, 6.45) is 8.55. The number of ketones is 1. The molecule has 0 bridgehead atoms. The molecular formula is C29H45N3O4. The van der Waals surface area contributed by atoms with Gasteiger partial charge in [0, 0.05) is 19.2 Å². The van der Waals surface area contributed by atoms with Crippen molar-refractivity contribution in [1.29, 1.82) is 0 Å². The number of urea groups is 1. The Hall–Kier alpha value is -2.22. The number of methoxy groups -OCH3 is 1. The molecule has 0 radical (unpaired) electrons. The smallest absolute Gasteiger partial charge is 0.319 e. The van der Waals surface area contributed by atoms with Crippen molar-refractivity contribution >= 4 is 17.5 Å². The average molecular weight is 500 g/mol. The molecule has 4 atom stereocenters. The number of nitrogens with zero attached hydrogens (tertiary/aromatic N) is 1. The highest BCUT2D eigenvalue weighted by atomic mass is 16.5. The van der Waals surface area contributed by atoms with E-state index in [-0.39, 0.29) is 6.42 Å². The van der Waals surface area contributed by atoms with E-state index in [2.05, 4.69) is 0 Å². The van der Waals surface area contributed by atoms with E-state index in [0.717, 1.165) is 19.3 Å². The van der Waals surface area contributed by atoms with E-state index in [1.807, 2.05) is 57.2 Å². The Bertz CT molecular complexity index is 949. The molecule has 7 heteroatoms. The number of anilines is 1. The Morgan fingerprint density at radius 1 is 1.17 bits per heavy atom. The molecule has 3 unspecified atom stereocenters. The first kappa shape index (κ1) is 28.4. The van der Waals surface area contributed by atoms with E-state index in [4.69, 9.17) is 16.2 Å². The molecule has 0 heterocycles.